The molecule has 0 bridgehead atoms. The van der Waals surface area contributed by atoms with Gasteiger partial charge in [-0.3, -0.25) is 9.59 Å². The first-order valence-corrected chi connectivity index (χ1v) is 9.26. The molecule has 1 aliphatic heterocycles. The smallest absolute Gasteiger partial charge is 0.229 e. The molecule has 6 heteroatoms. The van der Waals surface area contributed by atoms with Gasteiger partial charge in [0.25, 0.3) is 0 Å². The van der Waals surface area contributed by atoms with Crippen molar-refractivity contribution in [1.29, 1.82) is 0 Å². The highest BCUT2D eigenvalue weighted by Gasteiger charge is 2.29. The molecule has 6 nitrogen and oxygen atoms in total. The van der Waals surface area contributed by atoms with Crippen molar-refractivity contribution in [2.24, 2.45) is 11.8 Å². The molecule has 0 radical (unpaired) electrons. The zero-order chi connectivity index (χ0) is 17.6. The molecule has 25 heavy (non-hydrogen) atoms. The highest BCUT2D eigenvalue weighted by molar-refractivity contribution is 5.95. The van der Waals surface area contributed by atoms with Gasteiger partial charge in [0.05, 0.1) is 6.61 Å². The van der Waals surface area contributed by atoms with Crippen molar-refractivity contribution in [2.45, 2.75) is 44.9 Å². The number of piperidine rings is 1. The topological polar surface area (TPSA) is 71.5 Å². The van der Waals surface area contributed by atoms with Crippen LogP contribution in [0.2, 0.25) is 0 Å². The van der Waals surface area contributed by atoms with E-state index < -0.39 is 0 Å². The number of hydrogen-bond acceptors (Lipinski definition) is 4. The van der Waals surface area contributed by atoms with Gasteiger partial charge in [-0.1, -0.05) is 19.3 Å². The number of nitrogens with one attached hydrogen (secondary N) is 1. The minimum Gasteiger partial charge on any atom is -0.489 e. The first kappa shape index (κ1) is 17.7. The highest BCUT2D eigenvalue weighted by atomic mass is 16.5. The molecule has 136 valence electrons. The largest absolute Gasteiger partial charge is 0.489 e. The van der Waals surface area contributed by atoms with Gasteiger partial charge in [-0.2, -0.15) is 0 Å². The molecular weight excluding hydrogens is 318 g/mol. The van der Waals surface area contributed by atoms with Gasteiger partial charge in [0.15, 0.2) is 11.6 Å². The van der Waals surface area contributed by atoms with Crippen molar-refractivity contribution in [2.75, 3.05) is 25.5 Å². The summed E-state index contributed by atoms with van der Waals surface area (Å²) in [6.45, 7) is 1.28. The summed E-state index contributed by atoms with van der Waals surface area (Å²) in [7, 11) is 1.77. The molecule has 1 atom stereocenters. The second-order valence-electron chi connectivity index (χ2n) is 7.16. The summed E-state index contributed by atoms with van der Waals surface area (Å²) in [5, 5.41) is 2.86. The van der Waals surface area contributed by atoms with E-state index in [-0.39, 0.29) is 24.2 Å². The van der Waals surface area contributed by atoms with Crippen LogP contribution >= 0.6 is 0 Å². The lowest BCUT2D eigenvalue weighted by Crippen LogP contribution is -2.40. The first-order chi connectivity index (χ1) is 12.1. The minimum absolute atomic E-state index is 0.0150. The van der Waals surface area contributed by atoms with Crippen molar-refractivity contribution in [1.82, 2.24) is 9.88 Å². The van der Waals surface area contributed by atoms with Crippen LogP contribution in [0.25, 0.3) is 0 Å². The summed E-state index contributed by atoms with van der Waals surface area (Å²) in [5.41, 5.74) is 0. The summed E-state index contributed by atoms with van der Waals surface area (Å²) in [5.74, 6) is 1.22. The molecule has 2 amide bonds. The van der Waals surface area contributed by atoms with Gasteiger partial charge in [0.1, 0.15) is 0 Å². The second kappa shape index (κ2) is 8.32. The molecule has 1 N–H and O–H groups in total. The van der Waals surface area contributed by atoms with E-state index in [0.717, 1.165) is 0 Å². The lowest BCUT2D eigenvalue weighted by Gasteiger charge is -2.28. The summed E-state index contributed by atoms with van der Waals surface area (Å²) < 4.78 is 5.95. The number of rotatable bonds is 5. The fourth-order valence-electron chi connectivity index (χ4n) is 3.55. The SMILES string of the molecule is CN1CCC(C(=O)Nc2ncccc2OCC2CCCCC2)CC1=O. The highest BCUT2D eigenvalue weighted by Crippen LogP contribution is 2.28. The van der Waals surface area contributed by atoms with Crippen LogP contribution in [-0.4, -0.2) is 41.9 Å². The number of pyridine rings is 1. The molecule has 1 aromatic rings. The molecule has 3 rings (SSSR count). The number of likely N-dealkylation sites (tertiary alicyclic amines) is 1. The number of aromatic nitrogens is 1. The number of hydrogen-bond donors (Lipinski definition) is 1. The minimum atomic E-state index is -0.295. The molecule has 1 saturated carbocycles. The van der Waals surface area contributed by atoms with Gasteiger partial charge in [-0.05, 0) is 37.3 Å². The maximum atomic E-state index is 12.5. The van der Waals surface area contributed by atoms with Crippen LogP contribution < -0.4 is 10.1 Å². The van der Waals surface area contributed by atoms with Crippen LogP contribution in [0.15, 0.2) is 18.3 Å². The Morgan fingerprint density at radius 1 is 1.32 bits per heavy atom. The van der Waals surface area contributed by atoms with E-state index in [1.807, 2.05) is 12.1 Å². The fraction of sp³-hybridized carbons (Fsp3) is 0.632. The number of nitrogens with zero attached hydrogens (tertiary/aromatic N) is 2. The summed E-state index contributed by atoms with van der Waals surface area (Å²) in [6, 6.07) is 3.65. The molecule has 1 unspecified atom stereocenters. The molecule has 1 saturated heterocycles. The summed E-state index contributed by atoms with van der Waals surface area (Å²) in [4.78, 5) is 30.2. The van der Waals surface area contributed by atoms with E-state index in [2.05, 4.69) is 10.3 Å². The van der Waals surface area contributed by atoms with Gasteiger partial charge >= 0.3 is 0 Å². The quantitative estimate of drug-likeness (QED) is 0.891. The van der Waals surface area contributed by atoms with Gasteiger partial charge in [0, 0.05) is 32.1 Å². The van der Waals surface area contributed by atoms with Gasteiger partial charge in [0.2, 0.25) is 11.8 Å². The van der Waals surface area contributed by atoms with Gasteiger partial charge in [-0.25, -0.2) is 4.98 Å². The maximum absolute atomic E-state index is 12.5. The summed E-state index contributed by atoms with van der Waals surface area (Å²) in [6.07, 6.45) is 8.86. The molecule has 2 aliphatic rings. The van der Waals surface area contributed by atoms with E-state index in [1.54, 1.807) is 18.1 Å². The van der Waals surface area contributed by atoms with E-state index >= 15 is 0 Å². The molecule has 2 fully saturated rings. The Bertz CT molecular complexity index is 614. The van der Waals surface area contributed by atoms with E-state index in [0.29, 0.717) is 37.1 Å². The van der Waals surface area contributed by atoms with Gasteiger partial charge < -0.3 is 15.0 Å². The fourth-order valence-corrected chi connectivity index (χ4v) is 3.55. The van der Waals surface area contributed by atoms with Crippen LogP contribution in [-0.2, 0) is 9.59 Å². The van der Waals surface area contributed by atoms with E-state index in [9.17, 15) is 9.59 Å². The first-order valence-electron chi connectivity index (χ1n) is 9.26. The molecule has 1 aromatic heterocycles. The monoisotopic (exact) mass is 345 g/mol. The van der Waals surface area contributed by atoms with E-state index in [1.165, 1.54) is 32.1 Å². The average Bonchev–Trinajstić information content (AvgIpc) is 2.64. The lowest BCUT2D eigenvalue weighted by atomic mass is 9.90. The molecule has 1 aliphatic carbocycles. The average molecular weight is 345 g/mol. The lowest BCUT2D eigenvalue weighted by molar-refractivity contribution is -0.137. The summed E-state index contributed by atoms with van der Waals surface area (Å²) >= 11 is 0. The van der Waals surface area contributed by atoms with Crippen LogP contribution in [0.4, 0.5) is 5.82 Å². The molecule has 0 spiro atoms. The normalized spacial score (nSPS) is 21.9. The zero-order valence-electron chi connectivity index (χ0n) is 14.9. The predicted molar refractivity (Wildman–Crippen MR) is 95.3 cm³/mol. The second-order valence-corrected chi connectivity index (χ2v) is 7.16. The van der Waals surface area contributed by atoms with Gasteiger partial charge in [-0.15, -0.1) is 0 Å². The predicted octanol–water partition coefficient (Wildman–Crippen LogP) is 2.85. The zero-order valence-corrected chi connectivity index (χ0v) is 14.9. The van der Waals surface area contributed by atoms with Crippen LogP contribution in [0, 0.1) is 11.8 Å². The number of amides is 2. The van der Waals surface area contributed by atoms with E-state index in [4.69, 9.17) is 4.74 Å². The Kier molecular flexibility index (Phi) is 5.89. The third kappa shape index (κ3) is 4.71. The molecular formula is C19H27N3O3. The van der Waals surface area contributed by atoms with Crippen molar-refractivity contribution >= 4 is 17.6 Å². The van der Waals surface area contributed by atoms with Crippen LogP contribution in [0.1, 0.15) is 44.9 Å². The molecule has 0 aromatic carbocycles. The van der Waals surface area contributed by atoms with Crippen LogP contribution in [0.3, 0.4) is 0 Å². The molecule has 2 heterocycles. The van der Waals surface area contributed by atoms with Crippen molar-refractivity contribution in [3.63, 3.8) is 0 Å². The third-order valence-corrected chi connectivity index (χ3v) is 5.24. The number of carbonyl (C=O) groups excluding carboxylic acids is 2. The number of carbonyl (C=O) groups is 2. The van der Waals surface area contributed by atoms with Crippen molar-refractivity contribution in [3.8, 4) is 5.75 Å². The Balaban J connectivity index is 1.58. The number of ether oxygens (including phenoxy) is 1. The van der Waals surface area contributed by atoms with Crippen LogP contribution in [0.5, 0.6) is 5.75 Å². The Morgan fingerprint density at radius 3 is 2.88 bits per heavy atom. The number of anilines is 1. The third-order valence-electron chi connectivity index (χ3n) is 5.24. The van der Waals surface area contributed by atoms with Crippen molar-refractivity contribution in [3.05, 3.63) is 18.3 Å². The Labute approximate surface area is 148 Å². The standard InChI is InChI=1S/C19H27N3O3/c1-22-11-9-15(12-17(22)23)19(24)21-18-16(8-5-10-20-18)25-13-14-6-3-2-4-7-14/h5,8,10,14-15H,2-4,6-7,9,11-13H2,1H3,(H,20,21,24). The van der Waals surface area contributed by atoms with Crippen molar-refractivity contribution < 1.29 is 14.3 Å². The Morgan fingerprint density at radius 2 is 2.12 bits per heavy atom. The maximum Gasteiger partial charge on any atom is 0.229 e. The Hall–Kier alpha value is -2.11.